The molecule has 0 aliphatic carbocycles. The van der Waals surface area contributed by atoms with Crippen LogP contribution in [0.2, 0.25) is 0 Å². The molecule has 0 aliphatic heterocycles. The molecular formula is C16H27FN2O. The van der Waals surface area contributed by atoms with Gasteiger partial charge in [0.15, 0.2) is 0 Å². The number of halogens is 1. The van der Waals surface area contributed by atoms with Gasteiger partial charge in [-0.3, -0.25) is 0 Å². The van der Waals surface area contributed by atoms with Crippen LogP contribution in [0.4, 0.5) is 10.1 Å². The molecule has 0 heterocycles. The molecule has 1 N–H and O–H groups in total. The Morgan fingerprint density at radius 3 is 2.30 bits per heavy atom. The molecule has 0 unspecified atom stereocenters. The number of aliphatic hydroxyl groups excluding tert-OH is 1. The summed E-state index contributed by atoms with van der Waals surface area (Å²) in [7, 11) is 4.05. The lowest BCUT2D eigenvalue weighted by atomic mass is 10.0. The second-order valence-corrected chi connectivity index (χ2v) is 5.99. The highest BCUT2D eigenvalue weighted by Crippen LogP contribution is 2.29. The van der Waals surface area contributed by atoms with Gasteiger partial charge in [-0.2, -0.15) is 0 Å². The van der Waals surface area contributed by atoms with Crippen LogP contribution in [-0.2, 0) is 0 Å². The normalized spacial score (nSPS) is 13.1. The minimum atomic E-state index is -0.805. The van der Waals surface area contributed by atoms with Crippen LogP contribution in [0.1, 0.15) is 32.4 Å². The van der Waals surface area contributed by atoms with Crippen LogP contribution in [0.3, 0.4) is 0 Å². The number of likely N-dealkylation sites (N-methyl/N-ethyl adjacent to an activating group) is 1. The molecule has 114 valence electrons. The van der Waals surface area contributed by atoms with Crippen LogP contribution >= 0.6 is 0 Å². The van der Waals surface area contributed by atoms with Gasteiger partial charge in [0.1, 0.15) is 5.82 Å². The Bertz CT molecular complexity index is 419. The SMILES string of the molecule is CC(C)CN(CCN(C)C)c1cccc(F)c1[C@H](C)O. The van der Waals surface area contributed by atoms with Crippen molar-refractivity contribution in [3.8, 4) is 0 Å². The van der Waals surface area contributed by atoms with E-state index in [1.807, 2.05) is 20.2 Å². The number of hydrogen-bond acceptors (Lipinski definition) is 3. The minimum absolute atomic E-state index is 0.337. The summed E-state index contributed by atoms with van der Waals surface area (Å²) in [6, 6.07) is 5.01. The summed E-state index contributed by atoms with van der Waals surface area (Å²) in [5.74, 6) is 0.137. The van der Waals surface area contributed by atoms with E-state index in [1.165, 1.54) is 6.07 Å². The van der Waals surface area contributed by atoms with Crippen LogP contribution < -0.4 is 4.90 Å². The van der Waals surface area contributed by atoms with Crippen LogP contribution in [0.15, 0.2) is 18.2 Å². The number of nitrogens with zero attached hydrogens (tertiary/aromatic N) is 2. The van der Waals surface area contributed by atoms with Gasteiger partial charge < -0.3 is 14.9 Å². The maximum absolute atomic E-state index is 14.0. The van der Waals surface area contributed by atoms with Crippen molar-refractivity contribution >= 4 is 5.69 Å². The molecule has 1 rings (SSSR count). The fourth-order valence-corrected chi connectivity index (χ4v) is 2.29. The Morgan fingerprint density at radius 2 is 1.80 bits per heavy atom. The van der Waals surface area contributed by atoms with E-state index in [0.717, 1.165) is 25.3 Å². The van der Waals surface area contributed by atoms with Crippen LogP contribution in [-0.4, -0.2) is 43.7 Å². The molecule has 3 nitrogen and oxygen atoms in total. The van der Waals surface area contributed by atoms with E-state index in [4.69, 9.17) is 0 Å². The monoisotopic (exact) mass is 282 g/mol. The van der Waals surface area contributed by atoms with Gasteiger partial charge in [0.2, 0.25) is 0 Å². The molecule has 0 fully saturated rings. The van der Waals surface area contributed by atoms with Gasteiger partial charge in [-0.05, 0) is 39.1 Å². The van der Waals surface area contributed by atoms with Gasteiger partial charge >= 0.3 is 0 Å². The lowest BCUT2D eigenvalue weighted by Gasteiger charge is -2.30. The third kappa shape index (κ3) is 4.76. The lowest BCUT2D eigenvalue weighted by Crippen LogP contribution is -2.35. The molecule has 4 heteroatoms. The highest BCUT2D eigenvalue weighted by Gasteiger charge is 2.19. The van der Waals surface area contributed by atoms with Crippen LogP contribution in [0.5, 0.6) is 0 Å². The number of benzene rings is 1. The molecule has 1 atom stereocenters. The molecule has 1 aromatic carbocycles. The summed E-state index contributed by atoms with van der Waals surface area (Å²) < 4.78 is 14.0. The molecule has 0 amide bonds. The fourth-order valence-electron chi connectivity index (χ4n) is 2.29. The summed E-state index contributed by atoms with van der Waals surface area (Å²) in [5, 5.41) is 9.87. The third-order valence-electron chi connectivity index (χ3n) is 3.19. The van der Waals surface area contributed by atoms with Gasteiger partial charge in [0.05, 0.1) is 6.10 Å². The van der Waals surface area contributed by atoms with E-state index in [-0.39, 0.29) is 5.82 Å². The van der Waals surface area contributed by atoms with Crippen molar-refractivity contribution in [2.24, 2.45) is 5.92 Å². The van der Waals surface area contributed by atoms with Gasteiger partial charge in [-0.1, -0.05) is 19.9 Å². The smallest absolute Gasteiger partial charge is 0.131 e. The Kier molecular flexibility index (Phi) is 6.43. The molecule has 0 aromatic heterocycles. The van der Waals surface area contributed by atoms with Crippen LogP contribution in [0, 0.1) is 11.7 Å². The standard InChI is InChI=1S/C16H27FN2O/c1-12(2)11-19(10-9-18(4)5)15-8-6-7-14(17)16(15)13(3)20/h6-8,12-13,20H,9-11H2,1-5H3/t13-/m0/s1. The number of anilines is 1. The largest absolute Gasteiger partial charge is 0.389 e. The summed E-state index contributed by atoms with van der Waals surface area (Å²) in [4.78, 5) is 4.27. The molecule has 0 bridgehead atoms. The van der Waals surface area contributed by atoms with Gasteiger partial charge in [-0.25, -0.2) is 4.39 Å². The summed E-state index contributed by atoms with van der Waals surface area (Å²) >= 11 is 0. The van der Waals surface area contributed by atoms with E-state index in [2.05, 4.69) is 23.6 Å². The third-order valence-corrected chi connectivity index (χ3v) is 3.19. The van der Waals surface area contributed by atoms with Crippen molar-refractivity contribution in [2.45, 2.75) is 26.9 Å². The maximum atomic E-state index is 14.0. The zero-order chi connectivity index (χ0) is 15.3. The molecule has 0 saturated carbocycles. The first-order valence-corrected chi connectivity index (χ1v) is 7.19. The van der Waals surface area contributed by atoms with E-state index < -0.39 is 6.10 Å². The molecule has 20 heavy (non-hydrogen) atoms. The zero-order valence-corrected chi connectivity index (χ0v) is 13.2. The molecule has 0 saturated heterocycles. The van der Waals surface area contributed by atoms with Crippen molar-refractivity contribution in [2.75, 3.05) is 38.6 Å². The summed E-state index contributed by atoms with van der Waals surface area (Å²) in [5.41, 5.74) is 1.20. The predicted octanol–water partition coefficient (Wildman–Crippen LogP) is 2.90. The number of hydrogen-bond donors (Lipinski definition) is 1. The number of rotatable bonds is 7. The van der Waals surface area contributed by atoms with E-state index in [0.29, 0.717) is 11.5 Å². The fraction of sp³-hybridized carbons (Fsp3) is 0.625. The average Bonchev–Trinajstić information content (AvgIpc) is 2.33. The summed E-state index contributed by atoms with van der Waals surface area (Å²) in [6.07, 6.45) is -0.805. The molecule has 0 aliphatic rings. The zero-order valence-electron chi connectivity index (χ0n) is 13.2. The van der Waals surface area contributed by atoms with E-state index in [9.17, 15) is 9.50 Å². The second-order valence-electron chi connectivity index (χ2n) is 5.99. The van der Waals surface area contributed by atoms with Crippen molar-refractivity contribution in [1.29, 1.82) is 0 Å². The molecule has 1 aromatic rings. The summed E-state index contributed by atoms with van der Waals surface area (Å²) in [6.45, 7) is 8.45. The Labute approximate surface area is 122 Å². The first-order valence-electron chi connectivity index (χ1n) is 7.19. The van der Waals surface area contributed by atoms with Gasteiger partial charge in [-0.15, -0.1) is 0 Å². The maximum Gasteiger partial charge on any atom is 0.131 e. The lowest BCUT2D eigenvalue weighted by molar-refractivity contribution is 0.194. The predicted molar refractivity (Wildman–Crippen MR) is 82.6 cm³/mol. The Morgan fingerprint density at radius 1 is 1.15 bits per heavy atom. The van der Waals surface area contributed by atoms with Crippen LogP contribution in [0.25, 0.3) is 0 Å². The van der Waals surface area contributed by atoms with Crippen molar-refractivity contribution in [1.82, 2.24) is 4.90 Å². The van der Waals surface area contributed by atoms with Crippen molar-refractivity contribution in [3.05, 3.63) is 29.6 Å². The highest BCUT2D eigenvalue weighted by molar-refractivity contribution is 5.55. The van der Waals surface area contributed by atoms with Crippen molar-refractivity contribution < 1.29 is 9.50 Å². The topological polar surface area (TPSA) is 26.7 Å². The first-order chi connectivity index (χ1) is 9.32. The molecular weight excluding hydrogens is 255 g/mol. The molecule has 0 spiro atoms. The van der Waals surface area contributed by atoms with E-state index >= 15 is 0 Å². The van der Waals surface area contributed by atoms with Gasteiger partial charge in [0, 0.05) is 30.9 Å². The quantitative estimate of drug-likeness (QED) is 0.833. The highest BCUT2D eigenvalue weighted by atomic mass is 19.1. The van der Waals surface area contributed by atoms with Gasteiger partial charge in [0.25, 0.3) is 0 Å². The minimum Gasteiger partial charge on any atom is -0.389 e. The average molecular weight is 282 g/mol. The first kappa shape index (κ1) is 16.9. The Hall–Kier alpha value is -1.13. The second kappa shape index (κ2) is 7.60. The van der Waals surface area contributed by atoms with Crippen molar-refractivity contribution in [3.63, 3.8) is 0 Å². The molecule has 0 radical (unpaired) electrons. The Balaban J connectivity index is 3.09. The van der Waals surface area contributed by atoms with E-state index in [1.54, 1.807) is 13.0 Å². The number of aliphatic hydroxyl groups is 1.